The number of hydrogen-bond donors (Lipinski definition) is 0. The molecule has 0 aliphatic carbocycles. The van der Waals surface area contributed by atoms with E-state index in [1.807, 2.05) is 6.92 Å². The van der Waals surface area contributed by atoms with Crippen molar-refractivity contribution in [2.75, 3.05) is 31.1 Å². The molecule has 1 amide bonds. The summed E-state index contributed by atoms with van der Waals surface area (Å²) in [5.41, 5.74) is 2.23. The van der Waals surface area contributed by atoms with E-state index < -0.39 is 18.5 Å². The quantitative estimate of drug-likeness (QED) is 0.647. The number of halogens is 2. The van der Waals surface area contributed by atoms with E-state index in [-0.39, 0.29) is 5.91 Å². The van der Waals surface area contributed by atoms with Gasteiger partial charge in [0.05, 0.1) is 29.5 Å². The van der Waals surface area contributed by atoms with Crippen LogP contribution in [0, 0.1) is 6.92 Å². The lowest BCUT2D eigenvalue weighted by molar-refractivity contribution is 0.0735. The highest BCUT2D eigenvalue weighted by Crippen LogP contribution is 2.21. The van der Waals surface area contributed by atoms with Gasteiger partial charge in [-0.15, -0.1) is 0 Å². The Labute approximate surface area is 171 Å². The molecule has 0 radical (unpaired) electrons. The number of fused-ring (bicyclic) bond motifs is 1. The van der Waals surface area contributed by atoms with Gasteiger partial charge < -0.3 is 9.80 Å². The molecule has 158 valence electrons. The van der Waals surface area contributed by atoms with Crippen LogP contribution in [0.4, 0.5) is 14.5 Å². The average molecular weight is 416 g/mol. The van der Waals surface area contributed by atoms with Crippen molar-refractivity contribution in [3.63, 3.8) is 0 Å². The second-order valence-corrected chi connectivity index (χ2v) is 7.37. The number of nitrogens with zero attached hydrogens (tertiary/aromatic N) is 6. The van der Waals surface area contributed by atoms with Crippen molar-refractivity contribution in [1.29, 1.82) is 0 Å². The number of carbonyl (C=O) groups excluding carboxylic acids is 1. The molecule has 3 heterocycles. The Morgan fingerprint density at radius 3 is 2.53 bits per heavy atom. The molecule has 0 bridgehead atoms. The first-order valence-electron chi connectivity index (χ1n) is 9.65. The molecule has 0 N–H and O–H groups in total. The monoisotopic (exact) mass is 416 g/mol. The summed E-state index contributed by atoms with van der Waals surface area (Å²) in [6, 6.07) is 6.98. The SMILES string of the molecule is Cc1cc(C(=O)N2CCN(c3ccc4c(=O)n(CC(F)F)cnc4c3)CC2)n(C)n1. The maximum Gasteiger partial charge on any atom is 0.272 e. The highest BCUT2D eigenvalue weighted by Gasteiger charge is 2.24. The van der Waals surface area contributed by atoms with Crippen LogP contribution >= 0.6 is 0 Å². The summed E-state index contributed by atoms with van der Waals surface area (Å²) >= 11 is 0. The number of rotatable bonds is 4. The third-order valence-electron chi connectivity index (χ3n) is 5.30. The Balaban J connectivity index is 1.48. The minimum absolute atomic E-state index is 0.0440. The smallest absolute Gasteiger partial charge is 0.272 e. The van der Waals surface area contributed by atoms with Gasteiger partial charge in [0, 0.05) is 38.9 Å². The van der Waals surface area contributed by atoms with Crippen molar-refractivity contribution in [1.82, 2.24) is 24.2 Å². The molecule has 30 heavy (non-hydrogen) atoms. The van der Waals surface area contributed by atoms with Crippen LogP contribution in [-0.4, -0.2) is 62.7 Å². The number of piperazine rings is 1. The van der Waals surface area contributed by atoms with Crippen LogP contribution in [0.15, 0.2) is 35.4 Å². The number of alkyl halides is 2. The fourth-order valence-electron chi connectivity index (χ4n) is 3.76. The lowest BCUT2D eigenvalue weighted by Crippen LogP contribution is -2.49. The molecule has 2 aromatic heterocycles. The second kappa shape index (κ2) is 7.85. The van der Waals surface area contributed by atoms with Crippen LogP contribution < -0.4 is 10.5 Å². The van der Waals surface area contributed by atoms with Gasteiger partial charge in [0.25, 0.3) is 17.9 Å². The Morgan fingerprint density at radius 1 is 1.17 bits per heavy atom. The first kappa shape index (κ1) is 20.0. The molecule has 0 atom stereocenters. The molecule has 4 rings (SSSR count). The summed E-state index contributed by atoms with van der Waals surface area (Å²) in [6.07, 6.45) is -1.46. The minimum Gasteiger partial charge on any atom is -0.368 e. The average Bonchev–Trinajstić information content (AvgIpc) is 3.07. The van der Waals surface area contributed by atoms with Crippen molar-refractivity contribution in [3.8, 4) is 0 Å². The molecule has 0 saturated carbocycles. The van der Waals surface area contributed by atoms with Crippen molar-refractivity contribution in [3.05, 3.63) is 52.3 Å². The van der Waals surface area contributed by atoms with Gasteiger partial charge in [-0.2, -0.15) is 5.10 Å². The molecule has 0 spiro atoms. The zero-order chi connectivity index (χ0) is 21.4. The van der Waals surface area contributed by atoms with Crippen LogP contribution in [-0.2, 0) is 13.6 Å². The molecule has 3 aromatic rings. The van der Waals surface area contributed by atoms with Gasteiger partial charge in [-0.05, 0) is 31.2 Å². The summed E-state index contributed by atoms with van der Waals surface area (Å²) in [6.45, 7) is 3.57. The van der Waals surface area contributed by atoms with Crippen molar-refractivity contribution < 1.29 is 13.6 Å². The van der Waals surface area contributed by atoms with Crippen LogP contribution in [0.5, 0.6) is 0 Å². The van der Waals surface area contributed by atoms with E-state index in [1.165, 1.54) is 0 Å². The zero-order valence-electron chi connectivity index (χ0n) is 16.8. The molecule has 1 saturated heterocycles. The zero-order valence-corrected chi connectivity index (χ0v) is 16.8. The fourth-order valence-corrected chi connectivity index (χ4v) is 3.76. The van der Waals surface area contributed by atoms with Crippen molar-refractivity contribution >= 4 is 22.5 Å². The summed E-state index contributed by atoms with van der Waals surface area (Å²) in [7, 11) is 1.76. The number of aryl methyl sites for hydroxylation is 2. The Morgan fingerprint density at radius 2 is 1.90 bits per heavy atom. The van der Waals surface area contributed by atoms with E-state index in [0.717, 1.165) is 22.3 Å². The number of carbonyl (C=O) groups is 1. The van der Waals surface area contributed by atoms with Gasteiger partial charge in [0.2, 0.25) is 0 Å². The molecule has 1 fully saturated rings. The summed E-state index contributed by atoms with van der Waals surface area (Å²) in [4.78, 5) is 33.2. The van der Waals surface area contributed by atoms with Crippen LogP contribution in [0.25, 0.3) is 10.9 Å². The number of aromatic nitrogens is 4. The van der Waals surface area contributed by atoms with Gasteiger partial charge in [0.1, 0.15) is 5.69 Å². The lowest BCUT2D eigenvalue weighted by atomic mass is 10.2. The molecule has 8 nitrogen and oxygen atoms in total. The second-order valence-electron chi connectivity index (χ2n) is 7.37. The van der Waals surface area contributed by atoms with Crippen LogP contribution in [0.3, 0.4) is 0 Å². The van der Waals surface area contributed by atoms with Gasteiger partial charge in [-0.3, -0.25) is 18.8 Å². The summed E-state index contributed by atoms with van der Waals surface area (Å²) in [5.74, 6) is -0.0440. The van der Waals surface area contributed by atoms with Crippen molar-refractivity contribution in [2.45, 2.75) is 19.9 Å². The van der Waals surface area contributed by atoms with E-state index in [2.05, 4.69) is 15.0 Å². The molecule has 1 aliphatic rings. The van der Waals surface area contributed by atoms with Gasteiger partial charge >= 0.3 is 0 Å². The number of hydrogen-bond acceptors (Lipinski definition) is 5. The van der Waals surface area contributed by atoms with Crippen LogP contribution in [0.2, 0.25) is 0 Å². The van der Waals surface area contributed by atoms with E-state index in [9.17, 15) is 18.4 Å². The minimum atomic E-state index is -2.62. The standard InChI is InChI=1S/C20H22F2N6O2/c1-13-9-17(25(2)24-13)20(30)27-7-5-26(6-8-27)14-3-4-15-16(10-14)23-12-28(19(15)29)11-18(21)22/h3-4,9-10,12,18H,5-8,11H2,1-2H3. The first-order valence-corrected chi connectivity index (χ1v) is 9.65. The van der Waals surface area contributed by atoms with Gasteiger partial charge in [-0.25, -0.2) is 13.8 Å². The fraction of sp³-hybridized carbons (Fsp3) is 0.400. The van der Waals surface area contributed by atoms with Gasteiger partial charge in [0.15, 0.2) is 0 Å². The predicted molar refractivity (Wildman–Crippen MR) is 108 cm³/mol. The largest absolute Gasteiger partial charge is 0.368 e. The number of anilines is 1. The number of amides is 1. The summed E-state index contributed by atoms with van der Waals surface area (Å²) in [5, 5.41) is 4.54. The maximum atomic E-state index is 12.7. The maximum absolute atomic E-state index is 12.7. The topological polar surface area (TPSA) is 76.3 Å². The van der Waals surface area contributed by atoms with E-state index in [4.69, 9.17) is 0 Å². The Hall–Kier alpha value is -3.30. The summed E-state index contributed by atoms with van der Waals surface area (Å²) < 4.78 is 27.7. The van der Waals surface area contributed by atoms with Gasteiger partial charge in [-0.1, -0.05) is 0 Å². The molecular formula is C20H22F2N6O2. The lowest BCUT2D eigenvalue weighted by Gasteiger charge is -2.36. The molecular weight excluding hydrogens is 394 g/mol. The highest BCUT2D eigenvalue weighted by molar-refractivity contribution is 5.93. The third kappa shape index (κ3) is 3.77. The van der Waals surface area contributed by atoms with E-state index in [0.29, 0.717) is 42.8 Å². The Bertz CT molecular complexity index is 1150. The third-order valence-corrected chi connectivity index (χ3v) is 5.30. The molecule has 10 heteroatoms. The highest BCUT2D eigenvalue weighted by atomic mass is 19.3. The molecule has 1 aromatic carbocycles. The Kier molecular flexibility index (Phi) is 5.23. The van der Waals surface area contributed by atoms with Crippen LogP contribution in [0.1, 0.15) is 16.2 Å². The predicted octanol–water partition coefficient (Wildman–Crippen LogP) is 1.67. The first-order chi connectivity index (χ1) is 14.3. The number of benzene rings is 1. The normalized spacial score (nSPS) is 14.7. The van der Waals surface area contributed by atoms with E-state index in [1.54, 1.807) is 40.9 Å². The molecule has 1 aliphatic heterocycles. The van der Waals surface area contributed by atoms with Crippen molar-refractivity contribution in [2.24, 2.45) is 7.05 Å². The molecule has 0 unspecified atom stereocenters. The van der Waals surface area contributed by atoms with E-state index >= 15 is 0 Å².